The van der Waals surface area contributed by atoms with Crippen molar-refractivity contribution in [2.45, 2.75) is 12.7 Å². The van der Waals surface area contributed by atoms with Crippen LogP contribution < -0.4 is 10.2 Å². The Morgan fingerprint density at radius 2 is 1.81 bits per heavy atom. The van der Waals surface area contributed by atoms with E-state index in [9.17, 15) is 17.6 Å². The summed E-state index contributed by atoms with van der Waals surface area (Å²) in [5.74, 6) is -0.327. The first kappa shape index (κ1) is 16.0. The molecule has 0 atom stereocenters. The van der Waals surface area contributed by atoms with E-state index in [1.54, 1.807) is 18.0 Å². The van der Waals surface area contributed by atoms with Crippen molar-refractivity contribution in [2.24, 2.45) is 0 Å². The number of nitrogens with zero attached hydrogens (tertiary/aromatic N) is 2. The molecule has 1 aliphatic heterocycles. The van der Waals surface area contributed by atoms with Gasteiger partial charge in [0.1, 0.15) is 5.82 Å². The normalized spacial score (nSPS) is 17.3. The number of anilines is 1. The number of hydrogen-bond donors (Lipinski definition) is 1. The smallest absolute Gasteiger partial charge is 0.367 e. The van der Waals surface area contributed by atoms with Crippen LogP contribution in [0.4, 0.5) is 23.2 Å². The molecule has 1 aliphatic rings. The standard InChI is InChI=1S/C14H19F4N3/c1-19-9-11-2-3-13(12(15)8-11)21-6-4-20(5-7-21)10-14(16,17)18/h2-3,8,19H,4-7,9-10H2,1H3. The highest BCUT2D eigenvalue weighted by atomic mass is 19.4. The van der Waals surface area contributed by atoms with E-state index in [1.807, 2.05) is 6.07 Å². The predicted molar refractivity (Wildman–Crippen MR) is 73.9 cm³/mol. The lowest BCUT2D eigenvalue weighted by Crippen LogP contribution is -2.49. The zero-order valence-corrected chi connectivity index (χ0v) is 11.9. The number of benzene rings is 1. The van der Waals surface area contributed by atoms with Crippen molar-refractivity contribution in [2.75, 3.05) is 44.7 Å². The van der Waals surface area contributed by atoms with Crippen LogP contribution in [0.5, 0.6) is 0 Å². The van der Waals surface area contributed by atoms with Crippen LogP contribution in [0.1, 0.15) is 5.56 Å². The first-order valence-electron chi connectivity index (χ1n) is 6.86. The molecule has 2 rings (SSSR count). The second kappa shape index (κ2) is 6.62. The number of hydrogen-bond acceptors (Lipinski definition) is 3. The highest BCUT2D eigenvalue weighted by molar-refractivity contribution is 5.49. The van der Waals surface area contributed by atoms with Gasteiger partial charge in [-0.2, -0.15) is 13.2 Å². The van der Waals surface area contributed by atoms with Crippen LogP contribution in [-0.4, -0.2) is 50.8 Å². The van der Waals surface area contributed by atoms with Gasteiger partial charge in [-0.3, -0.25) is 4.90 Å². The van der Waals surface area contributed by atoms with Crippen LogP contribution in [0.2, 0.25) is 0 Å². The first-order chi connectivity index (χ1) is 9.89. The Labute approximate surface area is 121 Å². The fourth-order valence-corrected chi connectivity index (χ4v) is 2.52. The van der Waals surface area contributed by atoms with Gasteiger partial charge in [0.25, 0.3) is 0 Å². The predicted octanol–water partition coefficient (Wildman–Crippen LogP) is 2.23. The van der Waals surface area contributed by atoms with E-state index in [0.717, 1.165) is 5.56 Å². The van der Waals surface area contributed by atoms with Gasteiger partial charge < -0.3 is 10.2 Å². The maximum absolute atomic E-state index is 14.1. The lowest BCUT2D eigenvalue weighted by atomic mass is 10.1. The number of piperazine rings is 1. The van der Waals surface area contributed by atoms with Crippen molar-refractivity contribution in [3.63, 3.8) is 0 Å². The maximum Gasteiger partial charge on any atom is 0.401 e. The third-order valence-electron chi connectivity index (χ3n) is 3.51. The molecular weight excluding hydrogens is 286 g/mol. The topological polar surface area (TPSA) is 18.5 Å². The average Bonchev–Trinajstić information content (AvgIpc) is 2.39. The minimum atomic E-state index is -4.18. The molecular formula is C14H19F4N3. The molecule has 118 valence electrons. The Morgan fingerprint density at radius 3 is 2.33 bits per heavy atom. The van der Waals surface area contributed by atoms with Gasteiger partial charge in [0.15, 0.2) is 0 Å². The van der Waals surface area contributed by atoms with Gasteiger partial charge in [0.2, 0.25) is 0 Å². The Bertz CT molecular complexity index is 468. The largest absolute Gasteiger partial charge is 0.401 e. The molecule has 0 saturated carbocycles. The van der Waals surface area contributed by atoms with Crippen LogP contribution in [0.3, 0.4) is 0 Å². The minimum Gasteiger partial charge on any atom is -0.367 e. The maximum atomic E-state index is 14.1. The summed E-state index contributed by atoms with van der Waals surface area (Å²) < 4.78 is 51.0. The van der Waals surface area contributed by atoms with Crippen molar-refractivity contribution in [1.29, 1.82) is 0 Å². The molecule has 1 saturated heterocycles. The summed E-state index contributed by atoms with van der Waals surface area (Å²) in [7, 11) is 1.78. The van der Waals surface area contributed by atoms with Crippen molar-refractivity contribution < 1.29 is 17.6 Å². The van der Waals surface area contributed by atoms with E-state index in [2.05, 4.69) is 5.32 Å². The zero-order valence-electron chi connectivity index (χ0n) is 11.9. The first-order valence-corrected chi connectivity index (χ1v) is 6.86. The van der Waals surface area contributed by atoms with Crippen LogP contribution in [0, 0.1) is 5.82 Å². The number of alkyl halides is 3. The Morgan fingerprint density at radius 1 is 1.14 bits per heavy atom. The van der Waals surface area contributed by atoms with E-state index in [-0.39, 0.29) is 18.9 Å². The molecule has 1 fully saturated rings. The zero-order chi connectivity index (χ0) is 15.5. The fourth-order valence-electron chi connectivity index (χ4n) is 2.52. The van der Waals surface area contributed by atoms with Crippen molar-refractivity contribution >= 4 is 5.69 Å². The van der Waals surface area contributed by atoms with Gasteiger partial charge in [0, 0.05) is 32.7 Å². The van der Waals surface area contributed by atoms with E-state index in [0.29, 0.717) is 25.3 Å². The second-order valence-electron chi connectivity index (χ2n) is 5.19. The summed E-state index contributed by atoms with van der Waals surface area (Å²) in [5.41, 5.74) is 1.30. The summed E-state index contributed by atoms with van der Waals surface area (Å²) >= 11 is 0. The van der Waals surface area contributed by atoms with Gasteiger partial charge in [-0.15, -0.1) is 0 Å². The molecule has 3 nitrogen and oxygen atoms in total. The Hall–Kier alpha value is -1.34. The van der Waals surface area contributed by atoms with Crippen molar-refractivity contribution in [3.8, 4) is 0 Å². The average molecular weight is 305 g/mol. The van der Waals surface area contributed by atoms with Crippen molar-refractivity contribution in [1.82, 2.24) is 10.2 Å². The van der Waals surface area contributed by atoms with E-state index >= 15 is 0 Å². The van der Waals surface area contributed by atoms with Crippen LogP contribution in [0.25, 0.3) is 0 Å². The van der Waals surface area contributed by atoms with Gasteiger partial charge in [-0.05, 0) is 24.7 Å². The van der Waals surface area contributed by atoms with Crippen LogP contribution in [-0.2, 0) is 6.54 Å². The summed E-state index contributed by atoms with van der Waals surface area (Å²) in [5, 5.41) is 2.94. The van der Waals surface area contributed by atoms with Gasteiger partial charge in [-0.25, -0.2) is 4.39 Å². The summed E-state index contributed by atoms with van der Waals surface area (Å²) in [6.45, 7) is 1.06. The second-order valence-corrected chi connectivity index (χ2v) is 5.19. The molecule has 0 aliphatic carbocycles. The molecule has 0 amide bonds. The highest BCUT2D eigenvalue weighted by Gasteiger charge is 2.32. The minimum absolute atomic E-state index is 0.289. The molecule has 1 aromatic carbocycles. The molecule has 0 radical (unpaired) electrons. The Balaban J connectivity index is 1.96. The molecule has 1 heterocycles. The third-order valence-corrected chi connectivity index (χ3v) is 3.51. The van der Waals surface area contributed by atoms with Gasteiger partial charge >= 0.3 is 6.18 Å². The molecule has 21 heavy (non-hydrogen) atoms. The summed E-state index contributed by atoms with van der Waals surface area (Å²) in [6.07, 6.45) is -4.18. The molecule has 1 aromatic rings. The fraction of sp³-hybridized carbons (Fsp3) is 0.571. The number of rotatable bonds is 4. The Kier molecular flexibility index (Phi) is 5.05. The number of halogens is 4. The lowest BCUT2D eigenvalue weighted by Gasteiger charge is -2.36. The molecule has 7 heteroatoms. The van der Waals surface area contributed by atoms with Crippen molar-refractivity contribution in [3.05, 3.63) is 29.6 Å². The van der Waals surface area contributed by atoms with Crippen LogP contribution >= 0.6 is 0 Å². The summed E-state index contributed by atoms with van der Waals surface area (Å²) in [6, 6.07) is 4.99. The van der Waals surface area contributed by atoms with Crippen LogP contribution in [0.15, 0.2) is 18.2 Å². The monoisotopic (exact) mass is 305 g/mol. The molecule has 1 N–H and O–H groups in total. The highest BCUT2D eigenvalue weighted by Crippen LogP contribution is 2.23. The third kappa shape index (κ3) is 4.57. The molecule has 0 aromatic heterocycles. The SMILES string of the molecule is CNCc1ccc(N2CCN(CC(F)(F)F)CC2)c(F)c1. The summed E-state index contributed by atoms with van der Waals surface area (Å²) in [4.78, 5) is 3.15. The van der Waals surface area contributed by atoms with Gasteiger partial charge in [0.05, 0.1) is 12.2 Å². The van der Waals surface area contributed by atoms with E-state index < -0.39 is 12.7 Å². The van der Waals surface area contributed by atoms with Gasteiger partial charge in [-0.1, -0.05) is 6.07 Å². The lowest BCUT2D eigenvalue weighted by molar-refractivity contribution is -0.146. The molecule has 0 spiro atoms. The number of nitrogens with one attached hydrogen (secondary N) is 1. The van der Waals surface area contributed by atoms with E-state index in [4.69, 9.17) is 0 Å². The molecule has 0 bridgehead atoms. The quantitative estimate of drug-likeness (QED) is 0.861. The molecule has 0 unspecified atom stereocenters. The van der Waals surface area contributed by atoms with E-state index in [1.165, 1.54) is 11.0 Å².